The summed E-state index contributed by atoms with van der Waals surface area (Å²) in [4.78, 5) is 0. The zero-order chi connectivity index (χ0) is 14.2. The minimum Gasteiger partial charge on any atom is -0.507 e. The molecule has 1 aliphatic rings. The molecule has 3 heteroatoms. The molecule has 0 aromatic heterocycles. The van der Waals surface area contributed by atoms with E-state index in [4.69, 9.17) is 11.6 Å². The third-order valence-corrected chi connectivity index (χ3v) is 4.03. The number of phenolic OH excluding ortho intramolecular Hbond substituents is 2. The van der Waals surface area contributed by atoms with Crippen LogP contribution in [0.2, 0.25) is 5.02 Å². The van der Waals surface area contributed by atoms with Crippen molar-refractivity contribution in [2.24, 2.45) is 5.92 Å². The monoisotopic (exact) mass is 278 g/mol. The molecule has 0 saturated carbocycles. The first-order valence-electron chi connectivity index (χ1n) is 6.44. The highest BCUT2D eigenvalue weighted by atomic mass is 35.5. The summed E-state index contributed by atoms with van der Waals surface area (Å²) in [7, 11) is 0. The van der Waals surface area contributed by atoms with Crippen LogP contribution in [0.4, 0.5) is 0 Å². The van der Waals surface area contributed by atoms with Crippen LogP contribution in [0.15, 0.2) is 35.9 Å². The van der Waals surface area contributed by atoms with Gasteiger partial charge in [0.05, 0.1) is 0 Å². The van der Waals surface area contributed by atoms with Crippen molar-refractivity contribution in [1.29, 1.82) is 0 Å². The van der Waals surface area contributed by atoms with Crippen LogP contribution in [0, 0.1) is 5.92 Å². The summed E-state index contributed by atoms with van der Waals surface area (Å²) in [5.74, 6) is 0.296. The summed E-state index contributed by atoms with van der Waals surface area (Å²) in [5, 5.41) is 20.5. The van der Waals surface area contributed by atoms with Crippen molar-refractivity contribution in [2.45, 2.75) is 32.6 Å². The maximum Gasteiger partial charge on any atom is 0.124 e. The average Bonchev–Trinajstić information content (AvgIpc) is 2.27. The largest absolute Gasteiger partial charge is 0.507 e. The lowest BCUT2D eigenvalue weighted by Gasteiger charge is -2.31. The fourth-order valence-electron chi connectivity index (χ4n) is 2.84. The molecule has 0 heterocycles. The Balaban J connectivity index is 2.54. The Labute approximate surface area is 119 Å². The number of aromatic hydroxyl groups is 2. The molecule has 2 atom stereocenters. The zero-order valence-corrected chi connectivity index (χ0v) is 12.0. The van der Waals surface area contributed by atoms with Crippen LogP contribution in [-0.2, 0) is 0 Å². The topological polar surface area (TPSA) is 40.5 Å². The molecule has 2 rings (SSSR count). The van der Waals surface area contributed by atoms with Gasteiger partial charge >= 0.3 is 0 Å². The Kier molecular flexibility index (Phi) is 3.91. The zero-order valence-electron chi connectivity index (χ0n) is 11.3. The number of benzene rings is 1. The maximum absolute atomic E-state index is 10.1. The van der Waals surface area contributed by atoms with Gasteiger partial charge in [-0.3, -0.25) is 0 Å². The van der Waals surface area contributed by atoms with Crippen molar-refractivity contribution in [3.8, 4) is 11.5 Å². The molecule has 2 nitrogen and oxygen atoms in total. The third-order valence-electron chi connectivity index (χ3n) is 3.81. The maximum atomic E-state index is 10.1. The molecule has 0 bridgehead atoms. The van der Waals surface area contributed by atoms with E-state index >= 15 is 0 Å². The highest BCUT2D eigenvalue weighted by Crippen LogP contribution is 2.46. The van der Waals surface area contributed by atoms with Gasteiger partial charge in [-0.15, -0.1) is 0 Å². The van der Waals surface area contributed by atoms with Crippen molar-refractivity contribution in [3.05, 3.63) is 46.5 Å². The Morgan fingerprint density at radius 1 is 1.32 bits per heavy atom. The average molecular weight is 279 g/mol. The predicted molar refractivity (Wildman–Crippen MR) is 78.8 cm³/mol. The van der Waals surface area contributed by atoms with E-state index in [-0.39, 0.29) is 23.3 Å². The van der Waals surface area contributed by atoms with Gasteiger partial charge < -0.3 is 10.2 Å². The fourth-order valence-corrected chi connectivity index (χ4v) is 3.04. The molecule has 1 aliphatic carbocycles. The Bertz CT molecular complexity index is 523. The normalized spacial score (nSPS) is 23.0. The predicted octanol–water partition coefficient (Wildman–Crippen LogP) is 4.77. The SMILES string of the molecule is C=C(C)[C@@H]1CCC(C)=CC1c1c(O)cc(Cl)cc1O. The molecular weight excluding hydrogens is 260 g/mol. The van der Waals surface area contributed by atoms with Crippen molar-refractivity contribution in [3.63, 3.8) is 0 Å². The highest BCUT2D eigenvalue weighted by Gasteiger charge is 2.29. The second-order valence-electron chi connectivity index (χ2n) is 5.39. The molecule has 1 aromatic rings. The molecular formula is C16H19ClO2. The van der Waals surface area contributed by atoms with Gasteiger partial charge in [0.2, 0.25) is 0 Å². The first-order valence-corrected chi connectivity index (χ1v) is 6.82. The van der Waals surface area contributed by atoms with Crippen molar-refractivity contribution >= 4 is 11.6 Å². The molecule has 19 heavy (non-hydrogen) atoms. The molecule has 102 valence electrons. The van der Waals surface area contributed by atoms with E-state index in [1.807, 2.05) is 6.92 Å². The standard InChI is InChI=1S/C16H19ClO2/c1-9(2)12-5-4-10(3)6-13(12)16-14(18)7-11(17)8-15(16)19/h6-8,12-13,18-19H,1,4-5H2,2-3H3/t12-,13?/m0/s1. The van der Waals surface area contributed by atoms with Gasteiger partial charge in [-0.1, -0.05) is 35.4 Å². The van der Waals surface area contributed by atoms with E-state index in [2.05, 4.69) is 19.6 Å². The van der Waals surface area contributed by atoms with Gasteiger partial charge in [0, 0.05) is 16.5 Å². The fraction of sp³-hybridized carbons (Fsp3) is 0.375. The molecule has 1 unspecified atom stereocenters. The summed E-state index contributed by atoms with van der Waals surface area (Å²) in [6, 6.07) is 2.95. The molecule has 0 saturated heterocycles. The second kappa shape index (κ2) is 5.30. The van der Waals surface area contributed by atoms with E-state index in [1.54, 1.807) is 0 Å². The lowest BCUT2D eigenvalue weighted by Crippen LogP contribution is -2.17. The number of rotatable bonds is 2. The first kappa shape index (κ1) is 14.0. The highest BCUT2D eigenvalue weighted by molar-refractivity contribution is 6.30. The Morgan fingerprint density at radius 2 is 1.89 bits per heavy atom. The first-order chi connectivity index (χ1) is 8.90. The van der Waals surface area contributed by atoms with Crippen LogP contribution in [-0.4, -0.2) is 10.2 Å². The summed E-state index contributed by atoms with van der Waals surface area (Å²) in [5.41, 5.74) is 2.90. The number of hydrogen-bond acceptors (Lipinski definition) is 2. The Morgan fingerprint density at radius 3 is 2.42 bits per heavy atom. The van der Waals surface area contributed by atoms with Crippen molar-refractivity contribution in [1.82, 2.24) is 0 Å². The molecule has 0 fully saturated rings. The van der Waals surface area contributed by atoms with Crippen LogP contribution in [0.3, 0.4) is 0 Å². The molecule has 0 amide bonds. The molecule has 0 spiro atoms. The van der Waals surface area contributed by atoms with E-state index in [0.29, 0.717) is 10.6 Å². The van der Waals surface area contributed by atoms with Crippen molar-refractivity contribution in [2.75, 3.05) is 0 Å². The van der Waals surface area contributed by atoms with Crippen LogP contribution in [0.25, 0.3) is 0 Å². The van der Waals surface area contributed by atoms with Gasteiger partial charge in [0.15, 0.2) is 0 Å². The number of allylic oxidation sites excluding steroid dienone is 3. The van der Waals surface area contributed by atoms with Crippen LogP contribution < -0.4 is 0 Å². The minimum absolute atomic E-state index is 0.0384. The number of phenols is 2. The summed E-state index contributed by atoms with van der Waals surface area (Å²) in [6.07, 6.45) is 4.14. The molecule has 0 radical (unpaired) electrons. The lowest BCUT2D eigenvalue weighted by atomic mass is 9.74. The quantitative estimate of drug-likeness (QED) is 0.765. The summed E-state index contributed by atoms with van der Waals surface area (Å²) < 4.78 is 0. The van der Waals surface area contributed by atoms with Gasteiger partial charge in [0.25, 0.3) is 0 Å². The van der Waals surface area contributed by atoms with Crippen molar-refractivity contribution < 1.29 is 10.2 Å². The van der Waals surface area contributed by atoms with Gasteiger partial charge in [-0.25, -0.2) is 0 Å². The minimum atomic E-state index is -0.0384. The third kappa shape index (κ3) is 2.79. The van der Waals surface area contributed by atoms with E-state index in [0.717, 1.165) is 18.4 Å². The Hall–Kier alpha value is -1.41. The smallest absolute Gasteiger partial charge is 0.124 e. The number of hydrogen-bond donors (Lipinski definition) is 2. The van der Waals surface area contributed by atoms with Gasteiger partial charge in [0.1, 0.15) is 11.5 Å². The van der Waals surface area contributed by atoms with Crippen LogP contribution in [0.5, 0.6) is 11.5 Å². The molecule has 2 N–H and O–H groups in total. The van der Waals surface area contributed by atoms with Crippen LogP contribution >= 0.6 is 11.6 Å². The van der Waals surface area contributed by atoms with Gasteiger partial charge in [-0.2, -0.15) is 0 Å². The molecule has 0 aliphatic heterocycles. The summed E-state index contributed by atoms with van der Waals surface area (Å²) >= 11 is 5.84. The van der Waals surface area contributed by atoms with Crippen LogP contribution in [0.1, 0.15) is 38.2 Å². The van der Waals surface area contributed by atoms with E-state index in [1.165, 1.54) is 17.7 Å². The van der Waals surface area contributed by atoms with E-state index in [9.17, 15) is 10.2 Å². The van der Waals surface area contributed by atoms with Gasteiger partial charge in [-0.05, 0) is 44.7 Å². The summed E-state index contributed by atoms with van der Waals surface area (Å²) in [6.45, 7) is 8.11. The molecule has 1 aromatic carbocycles. The lowest BCUT2D eigenvalue weighted by molar-refractivity contribution is 0.407. The second-order valence-corrected chi connectivity index (χ2v) is 5.82. The number of halogens is 1. The van der Waals surface area contributed by atoms with E-state index < -0.39 is 0 Å².